The van der Waals surface area contributed by atoms with E-state index in [1.54, 1.807) is 17.6 Å². The van der Waals surface area contributed by atoms with Crippen LogP contribution in [0.5, 0.6) is 0 Å². The molecule has 0 bridgehead atoms. The molecule has 6 nitrogen and oxygen atoms in total. The summed E-state index contributed by atoms with van der Waals surface area (Å²) in [5, 5.41) is 4.96. The number of hydrogen-bond donors (Lipinski definition) is 1. The van der Waals surface area contributed by atoms with Gasteiger partial charge >= 0.3 is 0 Å². The van der Waals surface area contributed by atoms with E-state index in [1.807, 2.05) is 5.38 Å². The van der Waals surface area contributed by atoms with Gasteiger partial charge in [-0.2, -0.15) is 4.31 Å². The van der Waals surface area contributed by atoms with E-state index < -0.39 is 10.0 Å². The number of rotatable bonds is 3. The van der Waals surface area contributed by atoms with Gasteiger partial charge in [-0.05, 0) is 12.8 Å². The quantitative estimate of drug-likeness (QED) is 0.921. The lowest BCUT2D eigenvalue weighted by atomic mass is 10.4. The summed E-state index contributed by atoms with van der Waals surface area (Å²) >= 11 is 1.43. The number of fused-ring (bicyclic) bond motifs is 1. The minimum atomic E-state index is -3.46. The van der Waals surface area contributed by atoms with Crippen molar-refractivity contribution in [3.63, 3.8) is 0 Å². The molecule has 0 aliphatic carbocycles. The van der Waals surface area contributed by atoms with Gasteiger partial charge in [-0.25, -0.2) is 13.4 Å². The average molecular weight is 286 g/mol. The molecule has 8 heteroatoms. The van der Waals surface area contributed by atoms with Crippen LogP contribution >= 0.6 is 11.3 Å². The van der Waals surface area contributed by atoms with E-state index in [0.717, 1.165) is 12.8 Å². The van der Waals surface area contributed by atoms with E-state index in [2.05, 4.69) is 10.3 Å². The molecule has 0 aromatic carbocycles. The molecule has 0 unspecified atom stereocenters. The molecule has 3 rings (SSSR count). The van der Waals surface area contributed by atoms with Crippen molar-refractivity contribution in [2.24, 2.45) is 0 Å². The number of hydrogen-bond acceptors (Lipinski definition) is 5. The summed E-state index contributed by atoms with van der Waals surface area (Å²) in [6.45, 7) is 1.20. The molecule has 0 amide bonds. The summed E-state index contributed by atoms with van der Waals surface area (Å²) in [6, 6.07) is 0. The number of thiazole rings is 1. The van der Waals surface area contributed by atoms with Crippen molar-refractivity contribution >= 4 is 32.1 Å². The number of sulfonamides is 1. The number of nitrogens with zero attached hydrogens (tertiary/aromatic N) is 3. The first-order chi connectivity index (χ1) is 8.64. The summed E-state index contributed by atoms with van der Waals surface area (Å²) in [7, 11) is -1.77. The van der Waals surface area contributed by atoms with Crippen LogP contribution in [0.3, 0.4) is 0 Å². The fraction of sp³-hybridized carbons (Fsp3) is 0.500. The van der Waals surface area contributed by atoms with Gasteiger partial charge < -0.3 is 5.32 Å². The molecule has 0 saturated carbocycles. The van der Waals surface area contributed by atoms with Gasteiger partial charge in [-0.15, -0.1) is 11.3 Å². The maximum Gasteiger partial charge on any atom is 0.262 e. The van der Waals surface area contributed by atoms with Gasteiger partial charge in [0.05, 0.1) is 0 Å². The molecule has 0 spiro atoms. The molecule has 0 atom stereocenters. The zero-order chi connectivity index (χ0) is 12.8. The summed E-state index contributed by atoms with van der Waals surface area (Å²) in [5.41, 5.74) is 0. The third-order valence-electron chi connectivity index (χ3n) is 3.10. The smallest absolute Gasteiger partial charge is 0.262 e. The SMILES string of the molecule is CNc1nc2sccn2c1S(=O)(=O)N1CCCC1. The lowest BCUT2D eigenvalue weighted by molar-refractivity contribution is 0.474. The van der Waals surface area contributed by atoms with Crippen LogP contribution in [-0.2, 0) is 10.0 Å². The molecule has 3 heterocycles. The fourth-order valence-electron chi connectivity index (χ4n) is 2.23. The van der Waals surface area contributed by atoms with Crippen LogP contribution < -0.4 is 5.32 Å². The molecular weight excluding hydrogens is 272 g/mol. The van der Waals surface area contributed by atoms with Crippen molar-refractivity contribution in [1.82, 2.24) is 13.7 Å². The van der Waals surface area contributed by atoms with Crippen LogP contribution in [0.15, 0.2) is 16.6 Å². The monoisotopic (exact) mass is 286 g/mol. The molecule has 1 fully saturated rings. The number of nitrogens with one attached hydrogen (secondary N) is 1. The molecule has 0 radical (unpaired) electrons. The first-order valence-electron chi connectivity index (χ1n) is 5.78. The molecular formula is C10H14N4O2S2. The Kier molecular flexibility index (Phi) is 2.80. The molecule has 2 aromatic heterocycles. The van der Waals surface area contributed by atoms with Crippen molar-refractivity contribution in [2.45, 2.75) is 17.9 Å². The third-order valence-corrected chi connectivity index (χ3v) is 5.78. The van der Waals surface area contributed by atoms with Crippen LogP contribution in [0.4, 0.5) is 5.82 Å². The van der Waals surface area contributed by atoms with Crippen LogP contribution in [0, 0.1) is 0 Å². The Morgan fingerprint density at radius 2 is 2.11 bits per heavy atom. The molecule has 1 aliphatic rings. The first kappa shape index (κ1) is 11.9. The first-order valence-corrected chi connectivity index (χ1v) is 8.10. The number of imidazole rings is 1. The minimum absolute atomic E-state index is 0.253. The van der Waals surface area contributed by atoms with Gasteiger partial charge in [0, 0.05) is 31.7 Å². The van der Waals surface area contributed by atoms with Crippen molar-refractivity contribution < 1.29 is 8.42 Å². The maximum absolute atomic E-state index is 12.6. The Labute approximate surface area is 109 Å². The summed E-state index contributed by atoms with van der Waals surface area (Å²) in [4.78, 5) is 4.99. The lowest BCUT2D eigenvalue weighted by Crippen LogP contribution is -2.29. The van der Waals surface area contributed by atoms with Crippen LogP contribution in [0.25, 0.3) is 4.96 Å². The third kappa shape index (κ3) is 1.63. The highest BCUT2D eigenvalue weighted by Gasteiger charge is 2.33. The normalized spacial score (nSPS) is 17.6. The fourth-order valence-corrected chi connectivity index (χ4v) is 4.77. The predicted octanol–water partition coefficient (Wildman–Crippen LogP) is 1.22. The Bertz CT molecular complexity index is 667. The summed E-state index contributed by atoms with van der Waals surface area (Å²) in [5.74, 6) is 0.425. The molecule has 1 aliphatic heterocycles. The van der Waals surface area contributed by atoms with E-state index >= 15 is 0 Å². The summed E-state index contributed by atoms with van der Waals surface area (Å²) in [6.07, 6.45) is 3.61. The highest BCUT2D eigenvalue weighted by atomic mass is 32.2. The molecule has 2 aromatic rings. The maximum atomic E-state index is 12.6. The highest BCUT2D eigenvalue weighted by Crippen LogP contribution is 2.29. The van der Waals surface area contributed by atoms with E-state index in [-0.39, 0.29) is 5.03 Å². The van der Waals surface area contributed by atoms with Crippen molar-refractivity contribution in [3.8, 4) is 0 Å². The van der Waals surface area contributed by atoms with Gasteiger partial charge in [-0.3, -0.25) is 4.40 Å². The van der Waals surface area contributed by atoms with Crippen LogP contribution in [0.2, 0.25) is 0 Å². The van der Waals surface area contributed by atoms with E-state index in [0.29, 0.717) is 23.9 Å². The average Bonchev–Trinajstić information content (AvgIpc) is 3.04. The summed E-state index contributed by atoms with van der Waals surface area (Å²) < 4.78 is 28.4. The van der Waals surface area contributed by atoms with Gasteiger partial charge in [-0.1, -0.05) is 0 Å². The second-order valence-electron chi connectivity index (χ2n) is 4.18. The minimum Gasteiger partial charge on any atom is -0.371 e. The topological polar surface area (TPSA) is 66.7 Å². The molecule has 1 saturated heterocycles. The molecule has 1 N–H and O–H groups in total. The van der Waals surface area contributed by atoms with Gasteiger partial charge in [0.25, 0.3) is 10.0 Å². The van der Waals surface area contributed by atoms with Crippen molar-refractivity contribution in [3.05, 3.63) is 11.6 Å². The Balaban J connectivity index is 2.20. The Morgan fingerprint density at radius 1 is 1.39 bits per heavy atom. The van der Waals surface area contributed by atoms with Gasteiger partial charge in [0.15, 0.2) is 15.8 Å². The zero-order valence-corrected chi connectivity index (χ0v) is 11.6. The van der Waals surface area contributed by atoms with Crippen LogP contribution in [-0.4, -0.2) is 42.2 Å². The van der Waals surface area contributed by atoms with Crippen LogP contribution in [0.1, 0.15) is 12.8 Å². The lowest BCUT2D eigenvalue weighted by Gasteiger charge is -2.15. The standard InChI is InChI=1S/C10H14N4O2S2/c1-11-8-9(14-6-7-17-10(14)12-8)18(15,16)13-4-2-3-5-13/h6-7,11H,2-5H2,1H3. The molecule has 98 valence electrons. The predicted molar refractivity (Wildman–Crippen MR) is 70.6 cm³/mol. The largest absolute Gasteiger partial charge is 0.371 e. The number of anilines is 1. The van der Waals surface area contributed by atoms with Gasteiger partial charge in [0.1, 0.15) is 0 Å². The van der Waals surface area contributed by atoms with Crippen molar-refractivity contribution in [1.29, 1.82) is 0 Å². The number of aromatic nitrogens is 2. The Morgan fingerprint density at radius 3 is 2.78 bits per heavy atom. The zero-order valence-electron chi connectivity index (χ0n) is 9.96. The second-order valence-corrected chi connectivity index (χ2v) is 6.91. The highest BCUT2D eigenvalue weighted by molar-refractivity contribution is 7.89. The van der Waals surface area contributed by atoms with E-state index in [4.69, 9.17) is 0 Å². The van der Waals surface area contributed by atoms with Gasteiger partial charge in [0.2, 0.25) is 0 Å². The van der Waals surface area contributed by atoms with E-state index in [1.165, 1.54) is 15.6 Å². The Hall–Kier alpha value is -1.12. The second kappa shape index (κ2) is 4.22. The molecule has 18 heavy (non-hydrogen) atoms. The van der Waals surface area contributed by atoms with Crippen molar-refractivity contribution in [2.75, 3.05) is 25.5 Å². The van der Waals surface area contributed by atoms with E-state index in [9.17, 15) is 8.42 Å².